The molecule has 0 bridgehead atoms. The van der Waals surface area contributed by atoms with Crippen LogP contribution in [0.1, 0.15) is 39.0 Å². The zero-order valence-corrected chi connectivity index (χ0v) is 6.64. The molecule has 10 heavy (non-hydrogen) atoms. The van der Waals surface area contributed by atoms with Gasteiger partial charge in [-0.1, -0.05) is 32.6 Å². The molecule has 1 fully saturated rings. The Bertz CT molecular complexity index is 128. The molecule has 0 aromatic heterocycles. The molecule has 1 heteroatoms. The van der Waals surface area contributed by atoms with Crippen molar-refractivity contribution in [3.05, 3.63) is 0 Å². The molecule has 1 rings (SSSR count). The summed E-state index contributed by atoms with van der Waals surface area (Å²) in [4.78, 5) is 0. The molecule has 0 spiro atoms. The number of hydrogen-bond acceptors (Lipinski definition) is 1. The van der Waals surface area contributed by atoms with E-state index < -0.39 is 0 Å². The summed E-state index contributed by atoms with van der Waals surface area (Å²) >= 11 is 0. The molecule has 1 nitrogen and oxygen atoms in total. The van der Waals surface area contributed by atoms with Gasteiger partial charge in [0.1, 0.15) is 0 Å². The van der Waals surface area contributed by atoms with Crippen LogP contribution in [0.4, 0.5) is 0 Å². The number of nitrogens with zero attached hydrogens (tertiary/aromatic N) is 1. The highest BCUT2D eigenvalue weighted by Crippen LogP contribution is 2.32. The maximum absolute atomic E-state index is 8.45. The molecule has 0 radical (unpaired) electrons. The van der Waals surface area contributed by atoms with E-state index in [0.29, 0.717) is 5.92 Å². The summed E-state index contributed by atoms with van der Waals surface area (Å²) in [5.74, 6) is 1.51. The van der Waals surface area contributed by atoms with Gasteiger partial charge in [0.05, 0.1) is 6.07 Å². The largest absolute Gasteiger partial charge is 0.198 e. The molecule has 1 aliphatic rings. The summed E-state index contributed by atoms with van der Waals surface area (Å²) < 4.78 is 0. The molecule has 0 aromatic carbocycles. The summed E-state index contributed by atoms with van der Waals surface area (Å²) in [6, 6.07) is 2.24. The Kier molecular flexibility index (Phi) is 2.74. The van der Waals surface area contributed by atoms with Crippen molar-refractivity contribution in [2.45, 2.75) is 39.0 Å². The molecule has 56 valence electrons. The zero-order chi connectivity index (χ0) is 7.40. The van der Waals surface area contributed by atoms with Gasteiger partial charge in [-0.2, -0.15) is 5.26 Å². The summed E-state index contributed by atoms with van der Waals surface area (Å²) in [5, 5.41) is 8.45. The van der Waals surface area contributed by atoms with E-state index >= 15 is 0 Å². The van der Waals surface area contributed by atoms with Gasteiger partial charge >= 0.3 is 0 Å². The van der Waals surface area contributed by atoms with Gasteiger partial charge in [0.2, 0.25) is 0 Å². The van der Waals surface area contributed by atoms with Crippen LogP contribution in [0.2, 0.25) is 0 Å². The van der Waals surface area contributed by atoms with Crippen molar-refractivity contribution in [3.8, 4) is 6.07 Å². The van der Waals surface area contributed by atoms with Crippen molar-refractivity contribution in [3.63, 3.8) is 0 Å². The minimum Gasteiger partial charge on any atom is -0.198 e. The average molecular weight is 137 g/mol. The third-order valence-electron chi connectivity index (χ3n) is 2.62. The highest BCUT2D eigenvalue weighted by atomic mass is 14.3. The van der Waals surface area contributed by atoms with Crippen LogP contribution in [0, 0.1) is 23.2 Å². The molecule has 0 amide bonds. The highest BCUT2D eigenvalue weighted by molar-refractivity contribution is 4.80. The van der Waals surface area contributed by atoms with Crippen molar-refractivity contribution >= 4 is 0 Å². The third kappa shape index (κ3) is 1.73. The Morgan fingerprint density at radius 2 is 2.10 bits per heavy atom. The summed E-state index contributed by atoms with van der Waals surface area (Å²) in [5.41, 5.74) is 0. The van der Waals surface area contributed by atoms with Gasteiger partial charge in [0, 0.05) is 6.42 Å². The van der Waals surface area contributed by atoms with E-state index in [-0.39, 0.29) is 0 Å². The smallest absolute Gasteiger partial charge is 0.0624 e. The first kappa shape index (κ1) is 7.60. The zero-order valence-electron chi connectivity index (χ0n) is 6.64. The third-order valence-corrected chi connectivity index (χ3v) is 2.62. The lowest BCUT2D eigenvalue weighted by Gasteiger charge is -2.14. The van der Waals surface area contributed by atoms with Gasteiger partial charge in [0.25, 0.3) is 0 Å². The van der Waals surface area contributed by atoms with Crippen LogP contribution >= 0.6 is 0 Å². The lowest BCUT2D eigenvalue weighted by molar-refractivity contribution is 0.373. The topological polar surface area (TPSA) is 23.8 Å². The van der Waals surface area contributed by atoms with Crippen LogP contribution in [0.5, 0.6) is 0 Å². The minimum atomic E-state index is 0.646. The molecule has 0 unspecified atom stereocenters. The van der Waals surface area contributed by atoms with Gasteiger partial charge in [-0.3, -0.25) is 0 Å². The summed E-state index contributed by atoms with van der Waals surface area (Å²) in [6.45, 7) is 2.21. The monoisotopic (exact) mass is 137 g/mol. The number of nitriles is 1. The number of hydrogen-bond donors (Lipinski definition) is 0. The molecule has 0 saturated heterocycles. The van der Waals surface area contributed by atoms with E-state index in [0.717, 1.165) is 12.3 Å². The predicted molar refractivity (Wildman–Crippen MR) is 41.4 cm³/mol. The molecule has 0 heterocycles. The van der Waals surface area contributed by atoms with E-state index in [1.54, 1.807) is 0 Å². The van der Waals surface area contributed by atoms with Crippen molar-refractivity contribution in [1.29, 1.82) is 5.26 Å². The molecule has 1 aliphatic carbocycles. The Balaban J connectivity index is 2.26. The Hall–Kier alpha value is -0.510. The van der Waals surface area contributed by atoms with Crippen molar-refractivity contribution in [2.75, 3.05) is 0 Å². The van der Waals surface area contributed by atoms with E-state index in [1.165, 1.54) is 25.7 Å². The molecule has 1 atom stereocenters. The fourth-order valence-corrected chi connectivity index (χ4v) is 1.84. The summed E-state index contributed by atoms with van der Waals surface area (Å²) in [6.07, 6.45) is 6.26. The molecule has 0 N–H and O–H groups in total. The van der Waals surface area contributed by atoms with E-state index in [4.69, 9.17) is 5.26 Å². The molecular formula is C9H15N. The Labute approximate surface area is 63.0 Å². The first-order chi connectivity index (χ1) is 4.84. The van der Waals surface area contributed by atoms with Gasteiger partial charge in [-0.05, 0) is 11.8 Å². The quantitative estimate of drug-likeness (QED) is 0.574. The van der Waals surface area contributed by atoms with Crippen LogP contribution in [-0.4, -0.2) is 0 Å². The molecule has 1 saturated carbocycles. The SMILES string of the molecule is C[C@@H](CC#N)C1CCCC1. The Morgan fingerprint density at radius 1 is 1.50 bits per heavy atom. The Morgan fingerprint density at radius 3 is 2.60 bits per heavy atom. The van der Waals surface area contributed by atoms with Crippen molar-refractivity contribution in [1.82, 2.24) is 0 Å². The van der Waals surface area contributed by atoms with Crippen molar-refractivity contribution < 1.29 is 0 Å². The molecule has 0 aliphatic heterocycles. The highest BCUT2D eigenvalue weighted by Gasteiger charge is 2.20. The first-order valence-corrected chi connectivity index (χ1v) is 4.21. The van der Waals surface area contributed by atoms with E-state index in [2.05, 4.69) is 13.0 Å². The van der Waals surface area contributed by atoms with Crippen LogP contribution in [0.3, 0.4) is 0 Å². The molecular weight excluding hydrogens is 122 g/mol. The van der Waals surface area contributed by atoms with Crippen LogP contribution < -0.4 is 0 Å². The van der Waals surface area contributed by atoms with Crippen LogP contribution in [0.15, 0.2) is 0 Å². The number of rotatable bonds is 2. The second kappa shape index (κ2) is 3.61. The standard InChI is InChI=1S/C9H15N/c1-8(6-7-10)9-4-2-3-5-9/h8-9H,2-6H2,1H3/t8-/m0/s1. The van der Waals surface area contributed by atoms with Gasteiger partial charge in [-0.25, -0.2) is 0 Å². The second-order valence-electron chi connectivity index (χ2n) is 3.38. The van der Waals surface area contributed by atoms with Crippen molar-refractivity contribution in [2.24, 2.45) is 11.8 Å². The summed E-state index contributed by atoms with van der Waals surface area (Å²) in [7, 11) is 0. The maximum atomic E-state index is 8.45. The van der Waals surface area contributed by atoms with Crippen LogP contribution in [0.25, 0.3) is 0 Å². The minimum absolute atomic E-state index is 0.646. The van der Waals surface area contributed by atoms with Crippen LogP contribution in [-0.2, 0) is 0 Å². The lowest BCUT2D eigenvalue weighted by atomic mass is 9.90. The predicted octanol–water partition coefficient (Wildman–Crippen LogP) is 2.73. The molecule has 0 aromatic rings. The first-order valence-electron chi connectivity index (χ1n) is 4.21. The van der Waals surface area contributed by atoms with Gasteiger partial charge in [0.15, 0.2) is 0 Å². The lowest BCUT2D eigenvalue weighted by Crippen LogP contribution is -2.05. The van der Waals surface area contributed by atoms with Gasteiger partial charge < -0.3 is 0 Å². The second-order valence-corrected chi connectivity index (χ2v) is 3.38. The fourth-order valence-electron chi connectivity index (χ4n) is 1.84. The van der Waals surface area contributed by atoms with Gasteiger partial charge in [-0.15, -0.1) is 0 Å². The average Bonchev–Trinajstić information content (AvgIpc) is 2.38. The van der Waals surface area contributed by atoms with E-state index in [1.807, 2.05) is 0 Å². The maximum Gasteiger partial charge on any atom is 0.0624 e. The normalized spacial score (nSPS) is 22.4. The fraction of sp³-hybridized carbons (Fsp3) is 0.889. The van der Waals surface area contributed by atoms with E-state index in [9.17, 15) is 0 Å².